The van der Waals surface area contributed by atoms with Crippen molar-refractivity contribution in [3.05, 3.63) is 0 Å². The molecule has 0 saturated carbocycles. The van der Waals surface area contributed by atoms with E-state index in [1.165, 1.54) is 6.42 Å². The van der Waals surface area contributed by atoms with Crippen LogP contribution in [-0.4, -0.2) is 22.8 Å². The fraction of sp³-hybridized carbons (Fsp3) is 1.00. The van der Waals surface area contributed by atoms with Gasteiger partial charge in [0, 0.05) is 12.1 Å². The SMILES string of the molecule is C[C@@]1(O)CC[C@H]2CC[C@H]1N2. The Morgan fingerprint density at radius 1 is 1.40 bits per heavy atom. The van der Waals surface area contributed by atoms with Crippen LogP contribution in [-0.2, 0) is 0 Å². The van der Waals surface area contributed by atoms with Crippen molar-refractivity contribution in [3.63, 3.8) is 0 Å². The lowest BCUT2D eigenvalue weighted by Crippen LogP contribution is -2.51. The highest BCUT2D eigenvalue weighted by atomic mass is 16.3. The Morgan fingerprint density at radius 3 is 2.90 bits per heavy atom. The molecule has 0 radical (unpaired) electrons. The van der Waals surface area contributed by atoms with Crippen molar-refractivity contribution in [2.24, 2.45) is 0 Å². The Kier molecular flexibility index (Phi) is 1.29. The van der Waals surface area contributed by atoms with Crippen LogP contribution in [0.4, 0.5) is 0 Å². The zero-order valence-electron chi connectivity index (χ0n) is 6.43. The van der Waals surface area contributed by atoms with E-state index in [0.29, 0.717) is 12.1 Å². The number of aliphatic hydroxyl groups is 1. The third kappa shape index (κ3) is 0.867. The van der Waals surface area contributed by atoms with E-state index in [9.17, 15) is 5.11 Å². The maximum atomic E-state index is 9.80. The molecule has 2 aliphatic heterocycles. The molecular formula is C8H15NO. The normalized spacial score (nSPS) is 53.4. The van der Waals surface area contributed by atoms with E-state index in [4.69, 9.17) is 0 Å². The second-order valence-corrected chi connectivity index (χ2v) is 3.89. The van der Waals surface area contributed by atoms with Gasteiger partial charge in [-0.2, -0.15) is 0 Å². The first-order valence-electron chi connectivity index (χ1n) is 4.17. The monoisotopic (exact) mass is 141 g/mol. The number of fused-ring (bicyclic) bond motifs is 2. The molecular weight excluding hydrogens is 126 g/mol. The quantitative estimate of drug-likeness (QED) is 0.519. The van der Waals surface area contributed by atoms with Gasteiger partial charge in [0.1, 0.15) is 0 Å². The van der Waals surface area contributed by atoms with Crippen molar-refractivity contribution in [1.29, 1.82) is 0 Å². The highest BCUT2D eigenvalue weighted by molar-refractivity contribution is 5.00. The average molecular weight is 141 g/mol. The van der Waals surface area contributed by atoms with Gasteiger partial charge in [0.2, 0.25) is 0 Å². The molecule has 2 aliphatic rings. The lowest BCUT2D eigenvalue weighted by atomic mass is 9.89. The zero-order chi connectivity index (χ0) is 7.19. The van der Waals surface area contributed by atoms with Crippen LogP contribution in [0.3, 0.4) is 0 Å². The van der Waals surface area contributed by atoms with Gasteiger partial charge in [0.25, 0.3) is 0 Å². The summed E-state index contributed by atoms with van der Waals surface area (Å²) >= 11 is 0. The van der Waals surface area contributed by atoms with Crippen molar-refractivity contribution in [1.82, 2.24) is 5.32 Å². The summed E-state index contributed by atoms with van der Waals surface area (Å²) in [5.74, 6) is 0. The highest BCUT2D eigenvalue weighted by Crippen LogP contribution is 2.33. The number of piperidine rings is 1. The van der Waals surface area contributed by atoms with E-state index in [2.05, 4.69) is 5.32 Å². The summed E-state index contributed by atoms with van der Waals surface area (Å²) < 4.78 is 0. The lowest BCUT2D eigenvalue weighted by Gasteiger charge is -2.35. The van der Waals surface area contributed by atoms with Crippen molar-refractivity contribution in [3.8, 4) is 0 Å². The molecule has 2 bridgehead atoms. The summed E-state index contributed by atoms with van der Waals surface area (Å²) in [6.45, 7) is 1.95. The van der Waals surface area contributed by atoms with Crippen LogP contribution in [0.15, 0.2) is 0 Å². The van der Waals surface area contributed by atoms with Gasteiger partial charge < -0.3 is 10.4 Å². The molecule has 58 valence electrons. The largest absolute Gasteiger partial charge is 0.389 e. The Labute approximate surface area is 61.6 Å². The van der Waals surface area contributed by atoms with E-state index in [1.807, 2.05) is 6.92 Å². The van der Waals surface area contributed by atoms with E-state index in [0.717, 1.165) is 19.3 Å². The minimum Gasteiger partial charge on any atom is -0.389 e. The van der Waals surface area contributed by atoms with Gasteiger partial charge in [-0.1, -0.05) is 0 Å². The fourth-order valence-corrected chi connectivity index (χ4v) is 2.18. The molecule has 0 aliphatic carbocycles. The molecule has 2 heterocycles. The van der Waals surface area contributed by atoms with E-state index in [-0.39, 0.29) is 0 Å². The van der Waals surface area contributed by atoms with Crippen LogP contribution in [0.5, 0.6) is 0 Å². The van der Waals surface area contributed by atoms with Gasteiger partial charge in [0.05, 0.1) is 5.60 Å². The van der Waals surface area contributed by atoms with Gasteiger partial charge in [-0.3, -0.25) is 0 Å². The molecule has 3 atom stereocenters. The minimum atomic E-state index is -0.424. The van der Waals surface area contributed by atoms with Crippen LogP contribution in [0.2, 0.25) is 0 Å². The Balaban J connectivity index is 2.14. The summed E-state index contributed by atoms with van der Waals surface area (Å²) in [6, 6.07) is 1.09. The van der Waals surface area contributed by atoms with Crippen LogP contribution < -0.4 is 5.32 Å². The minimum absolute atomic E-state index is 0.381. The fourth-order valence-electron chi connectivity index (χ4n) is 2.18. The first kappa shape index (κ1) is 6.62. The highest BCUT2D eigenvalue weighted by Gasteiger charge is 2.41. The summed E-state index contributed by atoms with van der Waals surface area (Å²) in [6.07, 6.45) is 4.57. The predicted molar refractivity (Wildman–Crippen MR) is 39.8 cm³/mol. The van der Waals surface area contributed by atoms with Crippen LogP contribution in [0.1, 0.15) is 32.6 Å². The van der Waals surface area contributed by atoms with Gasteiger partial charge in [-0.15, -0.1) is 0 Å². The average Bonchev–Trinajstić information content (AvgIpc) is 2.26. The molecule has 0 aromatic carbocycles. The topological polar surface area (TPSA) is 32.3 Å². The van der Waals surface area contributed by atoms with E-state index < -0.39 is 5.60 Å². The van der Waals surface area contributed by atoms with Crippen molar-refractivity contribution >= 4 is 0 Å². The molecule has 2 heteroatoms. The van der Waals surface area contributed by atoms with Crippen LogP contribution >= 0.6 is 0 Å². The number of rotatable bonds is 0. The van der Waals surface area contributed by atoms with Gasteiger partial charge >= 0.3 is 0 Å². The molecule has 0 amide bonds. The molecule has 2 rings (SSSR count). The summed E-state index contributed by atoms with van der Waals surface area (Å²) in [4.78, 5) is 0. The van der Waals surface area contributed by atoms with Crippen molar-refractivity contribution in [2.45, 2.75) is 50.3 Å². The van der Waals surface area contributed by atoms with Gasteiger partial charge in [-0.25, -0.2) is 0 Å². The molecule has 10 heavy (non-hydrogen) atoms. The molecule has 0 aromatic rings. The third-order valence-electron chi connectivity index (χ3n) is 2.99. The maximum Gasteiger partial charge on any atom is 0.0772 e. The summed E-state index contributed by atoms with van der Waals surface area (Å²) in [5.41, 5.74) is -0.424. The van der Waals surface area contributed by atoms with Crippen molar-refractivity contribution in [2.75, 3.05) is 0 Å². The molecule has 2 nitrogen and oxygen atoms in total. The smallest absolute Gasteiger partial charge is 0.0772 e. The first-order chi connectivity index (χ1) is 4.68. The predicted octanol–water partition coefficient (Wildman–Crippen LogP) is 0.652. The zero-order valence-corrected chi connectivity index (χ0v) is 6.43. The van der Waals surface area contributed by atoms with Crippen molar-refractivity contribution < 1.29 is 5.11 Å². The molecule has 0 spiro atoms. The van der Waals surface area contributed by atoms with E-state index in [1.54, 1.807) is 0 Å². The van der Waals surface area contributed by atoms with E-state index >= 15 is 0 Å². The first-order valence-corrected chi connectivity index (χ1v) is 4.17. The summed E-state index contributed by atoms with van der Waals surface area (Å²) in [7, 11) is 0. The maximum absolute atomic E-state index is 9.80. The van der Waals surface area contributed by atoms with Crippen LogP contribution in [0.25, 0.3) is 0 Å². The molecule has 2 saturated heterocycles. The number of nitrogens with one attached hydrogen (secondary N) is 1. The van der Waals surface area contributed by atoms with Gasteiger partial charge in [0.15, 0.2) is 0 Å². The molecule has 0 aromatic heterocycles. The Hall–Kier alpha value is -0.0800. The standard InChI is InChI=1S/C8H15NO/c1-8(10)5-4-6-2-3-7(8)9-6/h6-7,9-10H,2-5H2,1H3/t6-,7-,8-/m1/s1. The van der Waals surface area contributed by atoms with Gasteiger partial charge in [-0.05, 0) is 32.6 Å². The Bertz CT molecular complexity index is 144. The third-order valence-corrected chi connectivity index (χ3v) is 2.99. The molecule has 2 fully saturated rings. The molecule has 2 N–H and O–H groups in total. The Morgan fingerprint density at radius 2 is 2.20 bits per heavy atom. The molecule has 0 unspecified atom stereocenters. The summed E-state index contributed by atoms with van der Waals surface area (Å²) in [5, 5.41) is 13.2. The number of hydrogen-bond acceptors (Lipinski definition) is 2. The lowest BCUT2D eigenvalue weighted by molar-refractivity contribution is -0.000281. The number of hydrogen-bond donors (Lipinski definition) is 2. The van der Waals surface area contributed by atoms with Crippen LogP contribution in [0, 0.1) is 0 Å². The second-order valence-electron chi connectivity index (χ2n) is 3.89. The second kappa shape index (κ2) is 1.95.